The second kappa shape index (κ2) is 4.52. The Labute approximate surface area is 114 Å². The van der Waals surface area contributed by atoms with Gasteiger partial charge in [-0.05, 0) is 13.0 Å². The van der Waals surface area contributed by atoms with Gasteiger partial charge in [0, 0.05) is 17.3 Å². The van der Waals surface area contributed by atoms with E-state index in [-0.39, 0.29) is 12.2 Å². The minimum absolute atomic E-state index is 0.0156. The first-order chi connectivity index (χ1) is 9.58. The number of aromatic amines is 1. The van der Waals surface area contributed by atoms with Crippen LogP contribution < -0.4 is 0 Å². The van der Waals surface area contributed by atoms with Crippen LogP contribution in [0.1, 0.15) is 17.8 Å². The Kier molecular flexibility index (Phi) is 2.82. The summed E-state index contributed by atoms with van der Waals surface area (Å²) in [6, 6.07) is 7.66. The Morgan fingerprint density at radius 3 is 2.85 bits per heavy atom. The van der Waals surface area contributed by atoms with E-state index >= 15 is 0 Å². The third-order valence-corrected chi connectivity index (χ3v) is 3.45. The van der Waals surface area contributed by atoms with Crippen LogP contribution in [0, 0.1) is 6.92 Å². The molecule has 1 aromatic carbocycles. The van der Waals surface area contributed by atoms with Gasteiger partial charge in [-0.25, -0.2) is 0 Å². The highest BCUT2D eigenvalue weighted by molar-refractivity contribution is 6.11. The molecule has 5 heteroatoms. The number of H-pyrrole nitrogens is 1. The Hall–Kier alpha value is -2.56. The maximum absolute atomic E-state index is 10.7. The summed E-state index contributed by atoms with van der Waals surface area (Å²) >= 11 is 0. The zero-order chi connectivity index (χ0) is 14.3. The van der Waals surface area contributed by atoms with Gasteiger partial charge in [0.05, 0.1) is 28.7 Å². The molecule has 0 unspecified atom stereocenters. The highest BCUT2D eigenvalue weighted by Crippen LogP contribution is 2.35. The SMILES string of the molecule is Cc1nc(CCC(=O)O)c2[nH]c3ccccc3c2c1O. The average Bonchev–Trinajstić information content (AvgIpc) is 2.81. The van der Waals surface area contributed by atoms with Gasteiger partial charge in [0.25, 0.3) is 0 Å². The van der Waals surface area contributed by atoms with Crippen molar-refractivity contribution in [1.82, 2.24) is 9.97 Å². The second-order valence-corrected chi connectivity index (χ2v) is 4.81. The summed E-state index contributed by atoms with van der Waals surface area (Å²) in [5, 5.41) is 20.7. The number of para-hydroxylation sites is 1. The topological polar surface area (TPSA) is 86.2 Å². The molecule has 3 aromatic rings. The number of benzene rings is 1. The van der Waals surface area contributed by atoms with Crippen molar-refractivity contribution in [3.05, 3.63) is 35.7 Å². The van der Waals surface area contributed by atoms with Gasteiger partial charge in [-0.15, -0.1) is 0 Å². The average molecular weight is 270 g/mol. The number of carboxylic acids is 1. The Balaban J connectivity index is 2.30. The lowest BCUT2D eigenvalue weighted by molar-refractivity contribution is -0.136. The summed E-state index contributed by atoms with van der Waals surface area (Å²) in [4.78, 5) is 18.3. The molecule has 0 saturated heterocycles. The van der Waals surface area contributed by atoms with E-state index in [9.17, 15) is 9.90 Å². The number of rotatable bonds is 3. The lowest BCUT2D eigenvalue weighted by atomic mass is 10.1. The van der Waals surface area contributed by atoms with Crippen molar-refractivity contribution in [2.45, 2.75) is 19.8 Å². The number of aromatic nitrogens is 2. The molecular weight excluding hydrogens is 256 g/mol. The van der Waals surface area contributed by atoms with Gasteiger partial charge in [-0.1, -0.05) is 18.2 Å². The van der Waals surface area contributed by atoms with E-state index in [0.29, 0.717) is 23.2 Å². The zero-order valence-electron chi connectivity index (χ0n) is 11.0. The molecule has 3 rings (SSSR count). The lowest BCUT2D eigenvalue weighted by Crippen LogP contribution is -2.01. The van der Waals surface area contributed by atoms with Crippen LogP contribution in [0.15, 0.2) is 24.3 Å². The van der Waals surface area contributed by atoms with Crippen LogP contribution in [0.3, 0.4) is 0 Å². The Bertz CT molecular complexity index is 821. The van der Waals surface area contributed by atoms with E-state index in [1.807, 2.05) is 24.3 Å². The van der Waals surface area contributed by atoms with Gasteiger partial charge in [-0.3, -0.25) is 9.78 Å². The highest BCUT2D eigenvalue weighted by atomic mass is 16.4. The highest BCUT2D eigenvalue weighted by Gasteiger charge is 2.16. The smallest absolute Gasteiger partial charge is 0.303 e. The van der Waals surface area contributed by atoms with Crippen molar-refractivity contribution in [2.24, 2.45) is 0 Å². The van der Waals surface area contributed by atoms with Crippen molar-refractivity contribution in [3.63, 3.8) is 0 Å². The van der Waals surface area contributed by atoms with Crippen LogP contribution in [0.2, 0.25) is 0 Å². The normalized spacial score (nSPS) is 11.2. The monoisotopic (exact) mass is 270 g/mol. The van der Waals surface area contributed by atoms with Gasteiger partial charge in [0.1, 0.15) is 5.75 Å². The molecule has 0 radical (unpaired) electrons. The van der Waals surface area contributed by atoms with Gasteiger partial charge in [0.15, 0.2) is 0 Å². The number of fused-ring (bicyclic) bond motifs is 3. The molecule has 0 saturated carbocycles. The Morgan fingerprint density at radius 2 is 2.10 bits per heavy atom. The lowest BCUT2D eigenvalue weighted by Gasteiger charge is -2.06. The molecule has 0 spiro atoms. The molecule has 0 aliphatic carbocycles. The van der Waals surface area contributed by atoms with Crippen molar-refractivity contribution in [3.8, 4) is 5.75 Å². The summed E-state index contributed by atoms with van der Waals surface area (Å²) in [6.45, 7) is 1.72. The number of aryl methyl sites for hydroxylation is 2. The summed E-state index contributed by atoms with van der Waals surface area (Å²) in [7, 11) is 0. The number of pyridine rings is 1. The predicted molar refractivity (Wildman–Crippen MR) is 76.0 cm³/mol. The first-order valence-corrected chi connectivity index (χ1v) is 6.38. The molecule has 0 bridgehead atoms. The quantitative estimate of drug-likeness (QED) is 0.683. The number of aliphatic carboxylic acids is 1. The van der Waals surface area contributed by atoms with Crippen LogP contribution in [-0.4, -0.2) is 26.2 Å². The van der Waals surface area contributed by atoms with Gasteiger partial charge < -0.3 is 15.2 Å². The van der Waals surface area contributed by atoms with E-state index in [2.05, 4.69) is 9.97 Å². The third-order valence-electron chi connectivity index (χ3n) is 3.45. The summed E-state index contributed by atoms with van der Waals surface area (Å²) < 4.78 is 0. The fraction of sp³-hybridized carbons (Fsp3) is 0.200. The molecule has 3 N–H and O–H groups in total. The summed E-state index contributed by atoms with van der Waals surface area (Å²) in [5.41, 5.74) is 2.81. The molecule has 0 fully saturated rings. The zero-order valence-corrected chi connectivity index (χ0v) is 11.0. The fourth-order valence-electron chi connectivity index (χ4n) is 2.50. The number of hydrogen-bond donors (Lipinski definition) is 3. The molecule has 0 aliphatic heterocycles. The Morgan fingerprint density at radius 1 is 1.35 bits per heavy atom. The van der Waals surface area contributed by atoms with Crippen molar-refractivity contribution in [2.75, 3.05) is 0 Å². The molecule has 102 valence electrons. The number of nitrogens with zero attached hydrogens (tertiary/aromatic N) is 1. The van der Waals surface area contributed by atoms with Crippen molar-refractivity contribution in [1.29, 1.82) is 0 Å². The molecule has 2 heterocycles. The second-order valence-electron chi connectivity index (χ2n) is 4.81. The number of aromatic hydroxyl groups is 1. The van der Waals surface area contributed by atoms with Crippen LogP contribution in [0.4, 0.5) is 0 Å². The first-order valence-electron chi connectivity index (χ1n) is 6.38. The minimum Gasteiger partial charge on any atom is -0.505 e. The number of hydrogen-bond acceptors (Lipinski definition) is 3. The fourth-order valence-corrected chi connectivity index (χ4v) is 2.50. The van der Waals surface area contributed by atoms with Gasteiger partial charge in [-0.2, -0.15) is 0 Å². The van der Waals surface area contributed by atoms with E-state index < -0.39 is 5.97 Å². The first kappa shape index (κ1) is 12.5. The van der Waals surface area contributed by atoms with Gasteiger partial charge in [0.2, 0.25) is 0 Å². The van der Waals surface area contributed by atoms with Crippen LogP contribution in [0.25, 0.3) is 21.8 Å². The van der Waals surface area contributed by atoms with E-state index in [0.717, 1.165) is 16.4 Å². The number of nitrogens with one attached hydrogen (secondary N) is 1. The number of carboxylic acid groups (broad SMARTS) is 1. The standard InChI is InChI=1S/C15H14N2O3/c1-8-15(20)13-9-4-2-3-5-10(9)17-14(13)11(16-8)6-7-12(18)19/h2-5,17,20H,6-7H2,1H3,(H,18,19). The van der Waals surface area contributed by atoms with Crippen LogP contribution in [0.5, 0.6) is 5.75 Å². The van der Waals surface area contributed by atoms with E-state index in [1.165, 1.54) is 0 Å². The molecule has 20 heavy (non-hydrogen) atoms. The predicted octanol–water partition coefficient (Wildman–Crippen LogP) is 2.75. The molecule has 2 aromatic heterocycles. The summed E-state index contributed by atoms with van der Waals surface area (Å²) in [6.07, 6.45) is 0.349. The van der Waals surface area contributed by atoms with Crippen LogP contribution in [-0.2, 0) is 11.2 Å². The molecule has 0 atom stereocenters. The van der Waals surface area contributed by atoms with E-state index in [4.69, 9.17) is 5.11 Å². The molecule has 5 nitrogen and oxygen atoms in total. The van der Waals surface area contributed by atoms with Crippen molar-refractivity contribution < 1.29 is 15.0 Å². The van der Waals surface area contributed by atoms with Crippen molar-refractivity contribution >= 4 is 27.8 Å². The maximum atomic E-state index is 10.7. The number of carbonyl (C=O) groups is 1. The molecule has 0 amide bonds. The molecule has 0 aliphatic rings. The maximum Gasteiger partial charge on any atom is 0.303 e. The minimum atomic E-state index is -0.859. The largest absolute Gasteiger partial charge is 0.505 e. The molecular formula is C15H14N2O3. The third kappa shape index (κ3) is 1.87. The van der Waals surface area contributed by atoms with Crippen LogP contribution >= 0.6 is 0 Å². The van der Waals surface area contributed by atoms with E-state index in [1.54, 1.807) is 6.92 Å². The summed E-state index contributed by atoms with van der Waals surface area (Å²) in [5.74, 6) is -0.710. The van der Waals surface area contributed by atoms with Gasteiger partial charge >= 0.3 is 5.97 Å².